The summed E-state index contributed by atoms with van der Waals surface area (Å²) in [6.07, 6.45) is 10.6. The van der Waals surface area contributed by atoms with Crippen molar-refractivity contribution in [1.29, 1.82) is 0 Å². The number of ketones is 1. The number of aliphatic hydroxyl groups excluding tert-OH is 1. The predicted octanol–water partition coefficient (Wildman–Crippen LogP) is 5.04. The van der Waals surface area contributed by atoms with Gasteiger partial charge in [0.25, 0.3) is 0 Å². The molecule has 0 bridgehead atoms. The number of benzene rings is 1. The van der Waals surface area contributed by atoms with Crippen molar-refractivity contribution >= 4 is 23.6 Å². The van der Waals surface area contributed by atoms with Gasteiger partial charge >= 0.3 is 0 Å². The summed E-state index contributed by atoms with van der Waals surface area (Å²) < 4.78 is 0. The van der Waals surface area contributed by atoms with Crippen LogP contribution in [0.2, 0.25) is 0 Å². The van der Waals surface area contributed by atoms with E-state index in [0.29, 0.717) is 6.42 Å². The van der Waals surface area contributed by atoms with E-state index in [2.05, 4.69) is 44.0 Å². The van der Waals surface area contributed by atoms with E-state index in [4.69, 9.17) is 0 Å². The lowest BCUT2D eigenvalue weighted by Gasteiger charge is -2.50. The Kier molecular flexibility index (Phi) is 5.35. The van der Waals surface area contributed by atoms with Gasteiger partial charge in [0.05, 0.1) is 6.10 Å². The van der Waals surface area contributed by atoms with E-state index in [-0.39, 0.29) is 17.1 Å². The molecule has 25 heavy (non-hydrogen) atoms. The van der Waals surface area contributed by atoms with Crippen molar-refractivity contribution in [3.63, 3.8) is 0 Å². The maximum absolute atomic E-state index is 12.8. The molecule has 2 nitrogen and oxygen atoms in total. The van der Waals surface area contributed by atoms with Crippen LogP contribution in [-0.4, -0.2) is 23.2 Å². The van der Waals surface area contributed by atoms with Gasteiger partial charge in [-0.1, -0.05) is 30.7 Å². The topological polar surface area (TPSA) is 37.3 Å². The second-order valence-corrected chi connectivity index (χ2v) is 7.95. The standard InChI is InChI=1S/C22H26O2S/c1-4-12-22-15(2)19(13-16-8-10-18(25-3)11-9-16)20(23)14-17(22)6-5-7-21(22)24/h4,8-11,13-15,21,24H,1,5-7,12H2,2-3H3/b19-13-/t15-,21-,22-/m0/s1. The third-order valence-electron chi connectivity index (χ3n) is 5.87. The molecule has 2 aliphatic rings. The Labute approximate surface area is 154 Å². The summed E-state index contributed by atoms with van der Waals surface area (Å²) in [5, 5.41) is 10.9. The van der Waals surface area contributed by atoms with Gasteiger partial charge in [-0.2, -0.15) is 0 Å². The summed E-state index contributed by atoms with van der Waals surface area (Å²) >= 11 is 1.70. The van der Waals surface area contributed by atoms with Crippen molar-refractivity contribution in [2.24, 2.45) is 11.3 Å². The number of thioether (sulfide) groups is 1. The molecule has 1 N–H and O–H groups in total. The molecule has 1 saturated carbocycles. The second-order valence-electron chi connectivity index (χ2n) is 7.07. The van der Waals surface area contributed by atoms with Crippen LogP contribution in [0.15, 0.2) is 59.0 Å². The van der Waals surface area contributed by atoms with Crippen molar-refractivity contribution < 1.29 is 9.90 Å². The Balaban J connectivity index is 2.05. The summed E-state index contributed by atoms with van der Waals surface area (Å²) in [7, 11) is 0. The second kappa shape index (κ2) is 7.35. The zero-order chi connectivity index (χ0) is 18.0. The van der Waals surface area contributed by atoms with Crippen LogP contribution in [-0.2, 0) is 4.79 Å². The van der Waals surface area contributed by atoms with Crippen molar-refractivity contribution in [3.8, 4) is 0 Å². The van der Waals surface area contributed by atoms with Crippen LogP contribution in [0.3, 0.4) is 0 Å². The van der Waals surface area contributed by atoms with Crippen molar-refractivity contribution in [2.75, 3.05) is 6.26 Å². The van der Waals surface area contributed by atoms with Gasteiger partial charge in [-0.05, 0) is 67.7 Å². The maximum atomic E-state index is 12.8. The summed E-state index contributed by atoms with van der Waals surface area (Å²) in [6.45, 7) is 6.00. The van der Waals surface area contributed by atoms with E-state index in [1.165, 1.54) is 4.90 Å². The van der Waals surface area contributed by atoms with E-state index in [1.807, 2.05) is 12.2 Å². The zero-order valence-electron chi connectivity index (χ0n) is 15.0. The van der Waals surface area contributed by atoms with Crippen molar-refractivity contribution in [2.45, 2.75) is 43.6 Å². The first-order valence-corrected chi connectivity index (χ1v) is 10.2. The number of hydrogen-bond acceptors (Lipinski definition) is 3. The third kappa shape index (κ3) is 3.16. The molecule has 0 unspecified atom stereocenters. The molecule has 0 heterocycles. The fraction of sp³-hybridized carbons (Fsp3) is 0.409. The summed E-state index contributed by atoms with van der Waals surface area (Å²) in [5.41, 5.74) is 2.56. The lowest BCUT2D eigenvalue weighted by atomic mass is 9.55. The first kappa shape index (κ1) is 18.2. The fourth-order valence-corrected chi connectivity index (χ4v) is 4.86. The van der Waals surface area contributed by atoms with Gasteiger partial charge in [-0.25, -0.2) is 0 Å². The molecule has 1 fully saturated rings. The molecule has 2 aliphatic carbocycles. The minimum Gasteiger partial charge on any atom is -0.392 e. The molecule has 3 rings (SSSR count). The molecule has 1 aromatic rings. The van der Waals surface area contributed by atoms with E-state index < -0.39 is 6.10 Å². The molecular weight excluding hydrogens is 328 g/mol. The minimum atomic E-state index is -0.420. The number of rotatable bonds is 4. The average Bonchev–Trinajstić information content (AvgIpc) is 2.61. The molecule has 132 valence electrons. The van der Waals surface area contributed by atoms with Crippen LogP contribution >= 0.6 is 11.8 Å². The predicted molar refractivity (Wildman–Crippen MR) is 106 cm³/mol. The summed E-state index contributed by atoms with van der Waals surface area (Å²) in [4.78, 5) is 14.0. The molecule has 1 aromatic carbocycles. The highest BCUT2D eigenvalue weighted by atomic mass is 32.2. The first-order chi connectivity index (χ1) is 12.0. The van der Waals surface area contributed by atoms with Crippen LogP contribution in [0.25, 0.3) is 6.08 Å². The number of aliphatic hydroxyl groups is 1. The minimum absolute atomic E-state index is 0.0199. The Bertz CT molecular complexity index is 729. The molecule has 0 saturated heterocycles. The first-order valence-electron chi connectivity index (χ1n) is 8.93. The van der Waals surface area contributed by atoms with E-state index in [0.717, 1.165) is 36.0 Å². The van der Waals surface area contributed by atoms with Crippen LogP contribution < -0.4 is 0 Å². The number of fused-ring (bicyclic) bond motifs is 1. The van der Waals surface area contributed by atoms with Gasteiger partial charge in [0.15, 0.2) is 5.78 Å². The average molecular weight is 355 g/mol. The quantitative estimate of drug-likeness (QED) is 0.467. The lowest BCUT2D eigenvalue weighted by Crippen LogP contribution is -2.48. The Hall–Kier alpha value is -1.58. The molecule has 0 aliphatic heterocycles. The SMILES string of the molecule is C=CC[C@@]12C(=CC(=O)/C(=C\c3ccc(SC)cc3)[C@@H]1C)CCC[C@@H]2O. The van der Waals surface area contributed by atoms with Crippen LogP contribution in [0.1, 0.15) is 38.2 Å². The Morgan fingerprint density at radius 2 is 2.08 bits per heavy atom. The van der Waals surface area contributed by atoms with E-state index in [1.54, 1.807) is 17.8 Å². The van der Waals surface area contributed by atoms with Crippen LogP contribution in [0.5, 0.6) is 0 Å². The third-order valence-corrected chi connectivity index (χ3v) is 6.61. The van der Waals surface area contributed by atoms with Gasteiger partial charge in [0, 0.05) is 15.9 Å². The highest BCUT2D eigenvalue weighted by Gasteiger charge is 2.50. The molecule has 0 radical (unpaired) electrons. The molecule has 0 spiro atoms. The maximum Gasteiger partial charge on any atom is 0.182 e. The molecule has 0 aromatic heterocycles. The highest BCUT2D eigenvalue weighted by molar-refractivity contribution is 7.98. The monoisotopic (exact) mass is 354 g/mol. The lowest BCUT2D eigenvalue weighted by molar-refractivity contribution is -0.113. The van der Waals surface area contributed by atoms with Crippen molar-refractivity contribution in [1.82, 2.24) is 0 Å². The number of hydrogen-bond donors (Lipinski definition) is 1. The zero-order valence-corrected chi connectivity index (χ0v) is 15.8. The molecule has 3 atom stereocenters. The molecule has 3 heteroatoms. The normalized spacial score (nSPS) is 30.8. The van der Waals surface area contributed by atoms with Gasteiger partial charge in [0.2, 0.25) is 0 Å². The van der Waals surface area contributed by atoms with Crippen LogP contribution in [0.4, 0.5) is 0 Å². The number of carbonyl (C=O) groups is 1. The summed E-state index contributed by atoms with van der Waals surface area (Å²) in [5.74, 6) is 0.0683. The molecular formula is C22H26O2S. The Morgan fingerprint density at radius 1 is 1.36 bits per heavy atom. The van der Waals surface area contributed by atoms with Crippen molar-refractivity contribution in [3.05, 3.63) is 59.7 Å². The van der Waals surface area contributed by atoms with Gasteiger partial charge in [0.1, 0.15) is 0 Å². The Morgan fingerprint density at radius 3 is 2.72 bits per heavy atom. The highest BCUT2D eigenvalue weighted by Crippen LogP contribution is 2.54. The summed E-state index contributed by atoms with van der Waals surface area (Å²) in [6, 6.07) is 8.25. The van der Waals surface area contributed by atoms with E-state index >= 15 is 0 Å². The number of allylic oxidation sites excluding steroid dienone is 3. The van der Waals surface area contributed by atoms with Gasteiger partial charge in [-0.15, -0.1) is 18.3 Å². The number of carbonyl (C=O) groups excluding carboxylic acids is 1. The largest absolute Gasteiger partial charge is 0.392 e. The smallest absolute Gasteiger partial charge is 0.182 e. The van der Waals surface area contributed by atoms with Gasteiger partial charge < -0.3 is 5.11 Å². The van der Waals surface area contributed by atoms with Crippen LogP contribution in [0, 0.1) is 11.3 Å². The van der Waals surface area contributed by atoms with E-state index in [9.17, 15) is 9.90 Å². The molecule has 0 amide bonds. The fourth-order valence-electron chi connectivity index (χ4n) is 4.45. The van der Waals surface area contributed by atoms with Gasteiger partial charge in [-0.3, -0.25) is 4.79 Å².